The summed E-state index contributed by atoms with van der Waals surface area (Å²) < 4.78 is 49.4. The van der Waals surface area contributed by atoms with E-state index in [2.05, 4.69) is 0 Å². The number of carbonyl (C=O) groups is 1. The smallest absolute Gasteiger partial charge is 0.431 e. The maximum absolute atomic E-state index is 13.0. The molecular formula is C18H16ClF3N2O6. The van der Waals surface area contributed by atoms with Crippen molar-refractivity contribution in [2.24, 2.45) is 7.05 Å². The van der Waals surface area contributed by atoms with Gasteiger partial charge in [0.1, 0.15) is 5.69 Å². The summed E-state index contributed by atoms with van der Waals surface area (Å²) in [7, 11) is 0.926. The minimum absolute atomic E-state index is 0.0749. The molecule has 1 aromatic carbocycles. The van der Waals surface area contributed by atoms with Gasteiger partial charge >= 0.3 is 17.8 Å². The molecule has 0 N–H and O–H groups in total. The highest BCUT2D eigenvalue weighted by molar-refractivity contribution is 6.33. The molecule has 1 atom stereocenters. The number of nitro groups is 1. The fraction of sp³-hybridized carbons (Fsp3) is 0.333. The third-order valence-electron chi connectivity index (χ3n) is 4.05. The molecule has 30 heavy (non-hydrogen) atoms. The first-order valence-electron chi connectivity index (χ1n) is 8.47. The molecule has 0 spiro atoms. The molecule has 162 valence electrons. The predicted octanol–water partition coefficient (Wildman–Crippen LogP) is 3.96. The topological polar surface area (TPSA) is 101 Å². The molecule has 8 nitrogen and oxygen atoms in total. The quantitative estimate of drug-likeness (QED) is 0.376. The second-order valence-corrected chi connectivity index (χ2v) is 6.47. The van der Waals surface area contributed by atoms with E-state index in [1.165, 1.54) is 6.92 Å². The van der Waals surface area contributed by atoms with Gasteiger partial charge in [-0.2, -0.15) is 13.2 Å². The van der Waals surface area contributed by atoms with E-state index in [1.807, 2.05) is 0 Å². The van der Waals surface area contributed by atoms with Crippen LogP contribution in [-0.4, -0.2) is 28.2 Å². The maximum Gasteiger partial charge on any atom is 0.431 e. The van der Waals surface area contributed by atoms with E-state index in [-0.39, 0.29) is 28.5 Å². The van der Waals surface area contributed by atoms with Crippen LogP contribution in [0.25, 0.3) is 11.1 Å². The number of nitro benzene ring substituents is 1. The molecule has 2 rings (SSSR count). The van der Waals surface area contributed by atoms with Gasteiger partial charge in [0.15, 0.2) is 11.9 Å². The van der Waals surface area contributed by atoms with Crippen molar-refractivity contribution in [2.75, 3.05) is 6.61 Å². The number of carbonyl (C=O) groups excluding carboxylic acids is 1. The number of hydrogen-bond acceptors (Lipinski definition) is 6. The SMILES string of the molecule is CCOC(=O)C(C)Oc1cc(Cl)c(-c2ccc(C(F)(F)F)n(C)c2=O)cc1[N+](=O)[O-]. The lowest BCUT2D eigenvalue weighted by Crippen LogP contribution is -2.27. The van der Waals surface area contributed by atoms with Crippen LogP contribution in [-0.2, 0) is 22.8 Å². The van der Waals surface area contributed by atoms with Gasteiger partial charge in [-0.1, -0.05) is 11.6 Å². The highest BCUT2D eigenvalue weighted by Gasteiger charge is 2.34. The van der Waals surface area contributed by atoms with Gasteiger partial charge in [-0.3, -0.25) is 14.9 Å². The van der Waals surface area contributed by atoms with Gasteiger partial charge in [0.25, 0.3) is 5.56 Å². The third-order valence-corrected chi connectivity index (χ3v) is 4.37. The van der Waals surface area contributed by atoms with Crippen molar-refractivity contribution < 1.29 is 32.4 Å². The third kappa shape index (κ3) is 4.73. The van der Waals surface area contributed by atoms with E-state index in [4.69, 9.17) is 21.1 Å². The van der Waals surface area contributed by atoms with Crippen LogP contribution in [0, 0.1) is 10.1 Å². The van der Waals surface area contributed by atoms with Crippen molar-refractivity contribution in [1.82, 2.24) is 4.57 Å². The molecule has 0 fully saturated rings. The zero-order valence-corrected chi connectivity index (χ0v) is 16.7. The number of alkyl halides is 3. The number of benzene rings is 1. The summed E-state index contributed by atoms with van der Waals surface area (Å²) in [6.45, 7) is 2.96. The minimum atomic E-state index is -4.76. The van der Waals surface area contributed by atoms with E-state index in [9.17, 15) is 32.9 Å². The van der Waals surface area contributed by atoms with Crippen molar-refractivity contribution in [3.05, 3.63) is 55.5 Å². The van der Waals surface area contributed by atoms with E-state index < -0.39 is 40.1 Å². The highest BCUT2D eigenvalue weighted by Crippen LogP contribution is 2.38. The maximum atomic E-state index is 13.0. The molecular weight excluding hydrogens is 433 g/mol. The first-order chi connectivity index (χ1) is 13.9. The van der Waals surface area contributed by atoms with Crippen molar-refractivity contribution in [2.45, 2.75) is 26.1 Å². The van der Waals surface area contributed by atoms with Crippen LogP contribution in [0.2, 0.25) is 5.02 Å². The summed E-state index contributed by atoms with van der Waals surface area (Å²) in [5, 5.41) is 11.3. The van der Waals surface area contributed by atoms with E-state index >= 15 is 0 Å². The molecule has 0 aliphatic heterocycles. The number of esters is 1. The minimum Gasteiger partial charge on any atom is -0.472 e. The van der Waals surface area contributed by atoms with Gasteiger partial charge in [0.05, 0.1) is 16.6 Å². The molecule has 1 aromatic heterocycles. The molecule has 2 aromatic rings. The number of ether oxygens (including phenoxy) is 2. The van der Waals surface area contributed by atoms with Crippen LogP contribution < -0.4 is 10.3 Å². The number of rotatable bonds is 6. The average Bonchev–Trinajstić information content (AvgIpc) is 2.63. The summed E-state index contributed by atoms with van der Waals surface area (Å²) >= 11 is 6.13. The monoisotopic (exact) mass is 448 g/mol. The molecule has 12 heteroatoms. The van der Waals surface area contributed by atoms with Gasteiger partial charge in [0, 0.05) is 30.3 Å². The lowest BCUT2D eigenvalue weighted by Gasteiger charge is -2.16. The second kappa shape index (κ2) is 8.74. The summed E-state index contributed by atoms with van der Waals surface area (Å²) in [6, 6.07) is 3.48. The molecule has 1 heterocycles. The molecule has 1 unspecified atom stereocenters. The molecule has 0 aliphatic carbocycles. The fourth-order valence-corrected chi connectivity index (χ4v) is 2.87. The lowest BCUT2D eigenvalue weighted by molar-refractivity contribution is -0.385. The molecule has 0 saturated carbocycles. The van der Waals surface area contributed by atoms with E-state index in [1.54, 1.807) is 6.92 Å². The summed E-state index contributed by atoms with van der Waals surface area (Å²) in [4.78, 5) is 34.8. The van der Waals surface area contributed by atoms with Crippen LogP contribution in [0.4, 0.5) is 18.9 Å². The van der Waals surface area contributed by atoms with Gasteiger partial charge in [-0.15, -0.1) is 0 Å². The van der Waals surface area contributed by atoms with Gasteiger partial charge in [-0.25, -0.2) is 4.79 Å². The largest absolute Gasteiger partial charge is 0.472 e. The summed E-state index contributed by atoms with van der Waals surface area (Å²) in [6.07, 6.45) is -5.95. The second-order valence-electron chi connectivity index (χ2n) is 6.06. The molecule has 0 amide bonds. The molecule has 0 saturated heterocycles. The van der Waals surface area contributed by atoms with Gasteiger partial charge in [-0.05, 0) is 26.0 Å². The van der Waals surface area contributed by atoms with E-state index in [0.29, 0.717) is 10.6 Å². The number of pyridine rings is 1. The first kappa shape index (κ1) is 23.2. The van der Waals surface area contributed by atoms with Crippen LogP contribution in [0.3, 0.4) is 0 Å². The van der Waals surface area contributed by atoms with Crippen LogP contribution >= 0.6 is 11.6 Å². The Morgan fingerprint density at radius 1 is 1.30 bits per heavy atom. The Morgan fingerprint density at radius 2 is 1.93 bits per heavy atom. The average molecular weight is 449 g/mol. The number of nitrogens with zero attached hydrogens (tertiary/aromatic N) is 2. The fourth-order valence-electron chi connectivity index (χ4n) is 2.61. The molecule has 0 aliphatic rings. The standard InChI is InChI=1S/C18H16ClF3N2O6/c1-4-29-17(26)9(2)30-14-8-12(19)11(7-13(14)24(27)28)10-5-6-15(18(20,21)22)23(3)16(10)25/h5-9H,4H2,1-3H3. The van der Waals surface area contributed by atoms with Crippen molar-refractivity contribution in [3.63, 3.8) is 0 Å². The Labute approximate surface area is 172 Å². The zero-order chi connectivity index (χ0) is 22.8. The molecule has 0 bridgehead atoms. The summed E-state index contributed by atoms with van der Waals surface area (Å²) in [5.41, 5.74) is -3.30. The van der Waals surface area contributed by atoms with Crippen molar-refractivity contribution >= 4 is 23.3 Å². The normalized spacial score (nSPS) is 12.4. The number of aromatic nitrogens is 1. The van der Waals surface area contributed by atoms with Gasteiger partial charge in [0.2, 0.25) is 0 Å². The number of hydrogen-bond donors (Lipinski definition) is 0. The van der Waals surface area contributed by atoms with Crippen LogP contribution in [0.1, 0.15) is 19.5 Å². The van der Waals surface area contributed by atoms with Crippen molar-refractivity contribution in [1.29, 1.82) is 0 Å². The van der Waals surface area contributed by atoms with Crippen LogP contribution in [0.15, 0.2) is 29.1 Å². The Kier molecular flexibility index (Phi) is 6.76. The van der Waals surface area contributed by atoms with Crippen LogP contribution in [0.5, 0.6) is 5.75 Å². The molecule has 0 radical (unpaired) electrons. The van der Waals surface area contributed by atoms with E-state index in [0.717, 1.165) is 25.2 Å². The van der Waals surface area contributed by atoms with Gasteiger partial charge < -0.3 is 14.0 Å². The Bertz CT molecular complexity index is 1050. The lowest BCUT2D eigenvalue weighted by atomic mass is 10.1. The Balaban J connectivity index is 2.58. The highest BCUT2D eigenvalue weighted by atomic mass is 35.5. The Hall–Kier alpha value is -3.08. The first-order valence-corrected chi connectivity index (χ1v) is 8.85. The zero-order valence-electron chi connectivity index (χ0n) is 15.9. The Morgan fingerprint density at radius 3 is 2.47 bits per heavy atom. The van der Waals surface area contributed by atoms with Crippen molar-refractivity contribution in [3.8, 4) is 16.9 Å². The summed E-state index contributed by atoms with van der Waals surface area (Å²) in [5.74, 6) is -1.12. The predicted molar refractivity (Wildman–Crippen MR) is 101 cm³/mol. The number of halogens is 4.